The molecular formula is C9H16N2OS. The van der Waals surface area contributed by atoms with Crippen molar-refractivity contribution < 1.29 is 4.74 Å². The summed E-state index contributed by atoms with van der Waals surface area (Å²) in [4.78, 5) is 6.50. The van der Waals surface area contributed by atoms with Crippen molar-refractivity contribution in [3.8, 4) is 0 Å². The molecule has 1 aromatic heterocycles. The molecule has 3 nitrogen and oxygen atoms in total. The summed E-state index contributed by atoms with van der Waals surface area (Å²) in [5, 5.41) is 3.12. The summed E-state index contributed by atoms with van der Waals surface area (Å²) >= 11 is 1.67. The summed E-state index contributed by atoms with van der Waals surface area (Å²) in [6, 6.07) is 0. The highest BCUT2D eigenvalue weighted by Gasteiger charge is 2.08. The minimum absolute atomic E-state index is 0.245. The fourth-order valence-electron chi connectivity index (χ4n) is 1.06. The highest BCUT2D eigenvalue weighted by atomic mass is 32.1. The van der Waals surface area contributed by atoms with Crippen LogP contribution in [0.4, 0.5) is 5.13 Å². The summed E-state index contributed by atoms with van der Waals surface area (Å²) in [5.74, 6) is 0. The van der Waals surface area contributed by atoms with Crippen molar-refractivity contribution in [2.45, 2.75) is 20.0 Å². The number of methoxy groups -OCH3 is 1. The maximum absolute atomic E-state index is 5.18. The number of aryl methyl sites for hydroxylation is 1. The highest BCUT2D eigenvalue weighted by Crippen LogP contribution is 2.18. The third-order valence-electron chi connectivity index (χ3n) is 1.87. The van der Waals surface area contributed by atoms with E-state index in [0.717, 1.165) is 17.4 Å². The van der Waals surface area contributed by atoms with Crippen LogP contribution in [0.15, 0.2) is 5.38 Å². The fourth-order valence-corrected chi connectivity index (χ4v) is 1.84. The summed E-state index contributed by atoms with van der Waals surface area (Å²) in [6.07, 6.45) is 0.245. The SMILES string of the molecule is COC(C)CN(C)c1nc(C)cs1. The first-order valence-corrected chi connectivity index (χ1v) is 5.17. The molecule has 1 atom stereocenters. The number of hydrogen-bond donors (Lipinski definition) is 0. The minimum atomic E-state index is 0.245. The average molecular weight is 200 g/mol. The van der Waals surface area contributed by atoms with Crippen molar-refractivity contribution >= 4 is 16.5 Å². The van der Waals surface area contributed by atoms with E-state index in [2.05, 4.69) is 22.2 Å². The van der Waals surface area contributed by atoms with E-state index in [-0.39, 0.29) is 6.10 Å². The van der Waals surface area contributed by atoms with E-state index in [4.69, 9.17) is 4.74 Å². The van der Waals surface area contributed by atoms with Gasteiger partial charge in [-0.2, -0.15) is 0 Å². The molecule has 0 saturated carbocycles. The second kappa shape index (κ2) is 4.58. The van der Waals surface area contributed by atoms with Gasteiger partial charge < -0.3 is 9.64 Å². The van der Waals surface area contributed by atoms with Crippen molar-refractivity contribution in [3.05, 3.63) is 11.1 Å². The summed E-state index contributed by atoms with van der Waals surface area (Å²) in [7, 11) is 3.76. The molecule has 0 amide bonds. The van der Waals surface area contributed by atoms with Crippen molar-refractivity contribution in [1.29, 1.82) is 0 Å². The Labute approximate surface area is 83.4 Å². The lowest BCUT2D eigenvalue weighted by molar-refractivity contribution is 0.124. The molecule has 1 rings (SSSR count). The molecule has 4 heteroatoms. The Kier molecular flexibility index (Phi) is 3.69. The van der Waals surface area contributed by atoms with Gasteiger partial charge in [-0.1, -0.05) is 0 Å². The predicted molar refractivity (Wildman–Crippen MR) is 56.6 cm³/mol. The van der Waals surface area contributed by atoms with Crippen LogP contribution in [0, 0.1) is 6.92 Å². The molecule has 13 heavy (non-hydrogen) atoms. The van der Waals surface area contributed by atoms with Gasteiger partial charge in [0.25, 0.3) is 0 Å². The third-order valence-corrected chi connectivity index (χ3v) is 2.94. The Morgan fingerprint density at radius 3 is 2.85 bits per heavy atom. The number of nitrogens with zero attached hydrogens (tertiary/aromatic N) is 2. The molecule has 1 unspecified atom stereocenters. The van der Waals surface area contributed by atoms with Gasteiger partial charge in [0.05, 0.1) is 11.8 Å². The van der Waals surface area contributed by atoms with Crippen LogP contribution in [0.2, 0.25) is 0 Å². The molecule has 0 spiro atoms. The van der Waals surface area contributed by atoms with Crippen LogP contribution in [0.1, 0.15) is 12.6 Å². The zero-order valence-corrected chi connectivity index (χ0v) is 9.39. The Balaban J connectivity index is 2.53. The van der Waals surface area contributed by atoms with Crippen LogP contribution < -0.4 is 4.90 Å². The lowest BCUT2D eigenvalue weighted by Gasteiger charge is -2.19. The summed E-state index contributed by atoms with van der Waals surface area (Å²) in [6.45, 7) is 4.94. The smallest absolute Gasteiger partial charge is 0.185 e. The highest BCUT2D eigenvalue weighted by molar-refractivity contribution is 7.13. The fraction of sp³-hybridized carbons (Fsp3) is 0.667. The maximum atomic E-state index is 5.18. The van der Waals surface area contributed by atoms with Crippen molar-refractivity contribution in [2.75, 3.05) is 25.6 Å². The Bertz CT molecular complexity index is 262. The number of likely N-dealkylation sites (N-methyl/N-ethyl adjacent to an activating group) is 1. The first-order chi connectivity index (χ1) is 6.13. The van der Waals surface area contributed by atoms with Crippen LogP contribution in [0.5, 0.6) is 0 Å². The van der Waals surface area contributed by atoms with Crippen LogP contribution >= 0.6 is 11.3 Å². The zero-order chi connectivity index (χ0) is 9.84. The topological polar surface area (TPSA) is 25.4 Å². The van der Waals surface area contributed by atoms with E-state index in [1.165, 1.54) is 0 Å². The first kappa shape index (κ1) is 10.5. The van der Waals surface area contributed by atoms with Crippen LogP contribution in [0.3, 0.4) is 0 Å². The average Bonchev–Trinajstić information content (AvgIpc) is 2.51. The Morgan fingerprint density at radius 2 is 2.38 bits per heavy atom. The number of ether oxygens (including phenoxy) is 1. The lowest BCUT2D eigenvalue weighted by Crippen LogP contribution is -2.28. The molecular weight excluding hydrogens is 184 g/mol. The molecule has 0 N–H and O–H groups in total. The third kappa shape index (κ3) is 2.97. The van der Waals surface area contributed by atoms with Gasteiger partial charge in [0.15, 0.2) is 5.13 Å². The largest absolute Gasteiger partial charge is 0.380 e. The molecule has 0 bridgehead atoms. The molecule has 0 aliphatic carbocycles. The van der Waals surface area contributed by atoms with Gasteiger partial charge in [0.2, 0.25) is 0 Å². The number of anilines is 1. The first-order valence-electron chi connectivity index (χ1n) is 4.29. The van der Waals surface area contributed by atoms with Crippen molar-refractivity contribution in [1.82, 2.24) is 4.98 Å². The second-order valence-corrected chi connectivity index (χ2v) is 4.03. The molecule has 0 fully saturated rings. The molecule has 0 aliphatic rings. The quantitative estimate of drug-likeness (QED) is 0.742. The van der Waals surface area contributed by atoms with E-state index in [1.54, 1.807) is 18.4 Å². The lowest BCUT2D eigenvalue weighted by atomic mass is 10.4. The number of thiazole rings is 1. The van der Waals surface area contributed by atoms with E-state index >= 15 is 0 Å². The Hall–Kier alpha value is -0.610. The molecule has 0 aliphatic heterocycles. The van der Waals surface area contributed by atoms with Crippen LogP contribution in [0.25, 0.3) is 0 Å². The van der Waals surface area contributed by atoms with E-state index in [9.17, 15) is 0 Å². The summed E-state index contributed by atoms with van der Waals surface area (Å²) in [5.41, 5.74) is 1.08. The predicted octanol–water partition coefficient (Wildman–Crippen LogP) is 1.92. The second-order valence-electron chi connectivity index (χ2n) is 3.20. The normalized spacial score (nSPS) is 12.9. The summed E-state index contributed by atoms with van der Waals surface area (Å²) < 4.78 is 5.18. The van der Waals surface area contributed by atoms with Gasteiger partial charge in [-0.05, 0) is 13.8 Å². The molecule has 1 aromatic rings. The number of hydrogen-bond acceptors (Lipinski definition) is 4. The maximum Gasteiger partial charge on any atom is 0.185 e. The van der Waals surface area contributed by atoms with Gasteiger partial charge in [0, 0.05) is 26.1 Å². The molecule has 74 valence electrons. The monoisotopic (exact) mass is 200 g/mol. The molecule has 0 radical (unpaired) electrons. The van der Waals surface area contributed by atoms with Crippen molar-refractivity contribution in [2.24, 2.45) is 0 Å². The molecule has 0 saturated heterocycles. The zero-order valence-electron chi connectivity index (χ0n) is 8.57. The van der Waals surface area contributed by atoms with Gasteiger partial charge in [-0.15, -0.1) is 11.3 Å². The van der Waals surface area contributed by atoms with Gasteiger partial charge in [-0.25, -0.2) is 4.98 Å². The van der Waals surface area contributed by atoms with E-state index in [1.807, 2.05) is 14.0 Å². The standard InChI is InChI=1S/C9H16N2OS/c1-7-6-13-9(10-7)11(3)5-8(2)12-4/h6,8H,5H2,1-4H3. The van der Waals surface area contributed by atoms with Gasteiger partial charge in [-0.3, -0.25) is 0 Å². The van der Waals surface area contributed by atoms with Crippen LogP contribution in [-0.2, 0) is 4.74 Å². The van der Waals surface area contributed by atoms with Gasteiger partial charge >= 0.3 is 0 Å². The van der Waals surface area contributed by atoms with E-state index < -0.39 is 0 Å². The minimum Gasteiger partial charge on any atom is -0.380 e. The molecule has 0 aromatic carbocycles. The van der Waals surface area contributed by atoms with Gasteiger partial charge in [0.1, 0.15) is 0 Å². The molecule has 1 heterocycles. The number of aromatic nitrogens is 1. The van der Waals surface area contributed by atoms with Crippen LogP contribution in [-0.4, -0.2) is 31.8 Å². The number of rotatable bonds is 4. The van der Waals surface area contributed by atoms with E-state index in [0.29, 0.717) is 0 Å². The van der Waals surface area contributed by atoms with Crippen molar-refractivity contribution in [3.63, 3.8) is 0 Å². The Morgan fingerprint density at radius 1 is 1.69 bits per heavy atom.